The van der Waals surface area contributed by atoms with Crippen LogP contribution < -0.4 is 0 Å². The summed E-state index contributed by atoms with van der Waals surface area (Å²) in [5.74, 6) is 0. The Labute approximate surface area is 121 Å². The first-order valence-corrected chi connectivity index (χ1v) is 7.04. The number of hydrogen-bond donors (Lipinski definition) is 2. The van der Waals surface area contributed by atoms with Gasteiger partial charge in [-0.15, -0.1) is 6.58 Å². The molecule has 1 rings (SSSR count). The summed E-state index contributed by atoms with van der Waals surface area (Å²) < 4.78 is 5.69. The molecule has 0 radical (unpaired) electrons. The van der Waals surface area contributed by atoms with Crippen LogP contribution in [-0.2, 0) is 11.3 Å². The van der Waals surface area contributed by atoms with Crippen LogP contribution in [0.2, 0.25) is 0 Å². The van der Waals surface area contributed by atoms with Gasteiger partial charge >= 0.3 is 0 Å². The molecule has 0 saturated heterocycles. The molecule has 1 aromatic rings. The fourth-order valence-electron chi connectivity index (χ4n) is 1.97. The van der Waals surface area contributed by atoms with Gasteiger partial charge in [0.15, 0.2) is 0 Å². The second-order valence-electron chi connectivity index (χ2n) is 5.90. The van der Waals surface area contributed by atoms with Gasteiger partial charge in [-0.05, 0) is 12.0 Å². The Balaban J connectivity index is 2.38. The van der Waals surface area contributed by atoms with Gasteiger partial charge in [0.1, 0.15) is 0 Å². The Morgan fingerprint density at radius 2 is 1.90 bits per heavy atom. The summed E-state index contributed by atoms with van der Waals surface area (Å²) in [6.07, 6.45) is 1.35. The Bertz CT molecular complexity index is 386. The number of aliphatic hydroxyl groups excluding tert-OH is 2. The minimum atomic E-state index is -0.603. The summed E-state index contributed by atoms with van der Waals surface area (Å²) in [5.41, 5.74) is 0.723. The highest BCUT2D eigenvalue weighted by atomic mass is 16.5. The van der Waals surface area contributed by atoms with Crippen molar-refractivity contribution in [3.8, 4) is 0 Å². The molecule has 2 N–H and O–H groups in total. The minimum Gasteiger partial charge on any atom is -0.393 e. The lowest BCUT2D eigenvalue weighted by Gasteiger charge is -2.31. The summed E-state index contributed by atoms with van der Waals surface area (Å²) in [4.78, 5) is 0. The van der Waals surface area contributed by atoms with Gasteiger partial charge in [-0.3, -0.25) is 0 Å². The van der Waals surface area contributed by atoms with Gasteiger partial charge < -0.3 is 14.9 Å². The standard InChI is InChI=1S/C17H26O3/c1-4-8-15(18)11-16(19)17(2,3)13-20-12-14-9-6-5-7-10-14/h4-7,9-10,15-16,18-19H,1,8,11-13H2,2-3H3/t15-,16+/m0/s1. The Hall–Kier alpha value is -1.16. The van der Waals surface area contributed by atoms with Crippen molar-refractivity contribution < 1.29 is 14.9 Å². The first kappa shape index (κ1) is 16.9. The van der Waals surface area contributed by atoms with Gasteiger partial charge in [0.05, 0.1) is 25.4 Å². The van der Waals surface area contributed by atoms with Crippen LogP contribution in [0.3, 0.4) is 0 Å². The van der Waals surface area contributed by atoms with Crippen LogP contribution in [0.25, 0.3) is 0 Å². The first-order valence-electron chi connectivity index (χ1n) is 7.04. The zero-order chi connectivity index (χ0) is 15.0. The van der Waals surface area contributed by atoms with E-state index in [1.807, 2.05) is 44.2 Å². The van der Waals surface area contributed by atoms with Crippen molar-refractivity contribution in [2.45, 2.75) is 45.5 Å². The highest BCUT2D eigenvalue weighted by molar-refractivity contribution is 5.13. The first-order chi connectivity index (χ1) is 9.45. The van der Waals surface area contributed by atoms with E-state index >= 15 is 0 Å². The quantitative estimate of drug-likeness (QED) is 0.683. The fourth-order valence-corrected chi connectivity index (χ4v) is 1.97. The van der Waals surface area contributed by atoms with Crippen molar-refractivity contribution in [2.75, 3.05) is 6.61 Å². The largest absolute Gasteiger partial charge is 0.393 e. The molecule has 1 aromatic carbocycles. The van der Waals surface area contributed by atoms with E-state index in [2.05, 4.69) is 6.58 Å². The van der Waals surface area contributed by atoms with Crippen LogP contribution in [0.15, 0.2) is 43.0 Å². The van der Waals surface area contributed by atoms with E-state index in [-0.39, 0.29) is 0 Å². The molecule has 0 spiro atoms. The van der Waals surface area contributed by atoms with E-state index in [0.29, 0.717) is 26.1 Å². The molecule has 3 heteroatoms. The maximum absolute atomic E-state index is 10.2. The fraction of sp³-hybridized carbons (Fsp3) is 0.529. The van der Waals surface area contributed by atoms with Gasteiger partial charge in [0.25, 0.3) is 0 Å². The number of aliphatic hydroxyl groups is 2. The van der Waals surface area contributed by atoms with E-state index in [4.69, 9.17) is 4.74 Å². The molecule has 0 bridgehead atoms. The lowest BCUT2D eigenvalue weighted by molar-refractivity contribution is -0.0480. The van der Waals surface area contributed by atoms with E-state index in [9.17, 15) is 10.2 Å². The maximum Gasteiger partial charge on any atom is 0.0717 e. The monoisotopic (exact) mass is 278 g/mol. The molecule has 0 saturated carbocycles. The molecule has 0 amide bonds. The molecular formula is C17H26O3. The van der Waals surface area contributed by atoms with Crippen molar-refractivity contribution in [3.63, 3.8) is 0 Å². The predicted molar refractivity (Wildman–Crippen MR) is 81.3 cm³/mol. The molecule has 3 nitrogen and oxygen atoms in total. The lowest BCUT2D eigenvalue weighted by atomic mass is 9.84. The summed E-state index contributed by atoms with van der Waals surface area (Å²) in [7, 11) is 0. The molecular weight excluding hydrogens is 252 g/mol. The SMILES string of the molecule is C=CC[C@H](O)C[C@@H](O)C(C)(C)COCc1ccccc1. The van der Waals surface area contributed by atoms with Crippen LogP contribution in [0, 0.1) is 5.41 Å². The Kier molecular flexibility index (Phi) is 6.93. The van der Waals surface area contributed by atoms with Crippen LogP contribution in [-0.4, -0.2) is 29.0 Å². The van der Waals surface area contributed by atoms with Gasteiger partial charge in [-0.25, -0.2) is 0 Å². The van der Waals surface area contributed by atoms with Gasteiger partial charge in [0, 0.05) is 11.8 Å². The van der Waals surface area contributed by atoms with E-state index < -0.39 is 17.6 Å². The highest BCUT2D eigenvalue weighted by Crippen LogP contribution is 2.25. The molecule has 20 heavy (non-hydrogen) atoms. The topological polar surface area (TPSA) is 49.7 Å². The molecule has 0 aliphatic carbocycles. The van der Waals surface area contributed by atoms with E-state index in [1.165, 1.54) is 0 Å². The molecule has 0 unspecified atom stereocenters. The summed E-state index contributed by atoms with van der Waals surface area (Å²) in [6, 6.07) is 9.95. The van der Waals surface area contributed by atoms with Crippen molar-refractivity contribution in [1.29, 1.82) is 0 Å². The van der Waals surface area contributed by atoms with Crippen molar-refractivity contribution in [1.82, 2.24) is 0 Å². The molecule has 0 aliphatic heterocycles. The van der Waals surface area contributed by atoms with Gasteiger partial charge in [0.2, 0.25) is 0 Å². The third-order valence-electron chi connectivity index (χ3n) is 3.42. The molecule has 0 heterocycles. The van der Waals surface area contributed by atoms with E-state index in [1.54, 1.807) is 6.08 Å². The normalized spacial score (nSPS) is 14.8. The zero-order valence-electron chi connectivity index (χ0n) is 12.5. The molecule has 2 atom stereocenters. The Morgan fingerprint density at radius 1 is 1.25 bits per heavy atom. The number of benzene rings is 1. The average molecular weight is 278 g/mol. The van der Waals surface area contributed by atoms with Crippen molar-refractivity contribution >= 4 is 0 Å². The summed E-state index contributed by atoms with van der Waals surface area (Å²) in [5, 5.41) is 19.9. The third-order valence-corrected chi connectivity index (χ3v) is 3.42. The van der Waals surface area contributed by atoms with Gasteiger partial charge in [-0.2, -0.15) is 0 Å². The highest BCUT2D eigenvalue weighted by Gasteiger charge is 2.29. The molecule has 0 aromatic heterocycles. The third kappa shape index (κ3) is 5.87. The summed E-state index contributed by atoms with van der Waals surface area (Å²) in [6.45, 7) is 8.46. The summed E-state index contributed by atoms with van der Waals surface area (Å²) >= 11 is 0. The predicted octanol–water partition coefficient (Wildman–Crippen LogP) is 2.92. The number of hydrogen-bond acceptors (Lipinski definition) is 3. The van der Waals surface area contributed by atoms with Crippen LogP contribution in [0.4, 0.5) is 0 Å². The molecule has 112 valence electrons. The van der Waals surface area contributed by atoms with Crippen molar-refractivity contribution in [2.24, 2.45) is 5.41 Å². The average Bonchev–Trinajstić information content (AvgIpc) is 2.40. The second-order valence-corrected chi connectivity index (χ2v) is 5.90. The van der Waals surface area contributed by atoms with Crippen molar-refractivity contribution in [3.05, 3.63) is 48.6 Å². The zero-order valence-corrected chi connectivity index (χ0v) is 12.5. The molecule has 0 fully saturated rings. The second kappa shape index (κ2) is 8.20. The number of ether oxygens (including phenoxy) is 1. The van der Waals surface area contributed by atoms with Gasteiger partial charge in [-0.1, -0.05) is 50.3 Å². The van der Waals surface area contributed by atoms with Crippen LogP contribution >= 0.6 is 0 Å². The van der Waals surface area contributed by atoms with E-state index in [0.717, 1.165) is 5.56 Å². The minimum absolute atomic E-state index is 0.341. The Morgan fingerprint density at radius 3 is 2.50 bits per heavy atom. The van der Waals surface area contributed by atoms with Crippen LogP contribution in [0.1, 0.15) is 32.3 Å². The van der Waals surface area contributed by atoms with Crippen LogP contribution in [0.5, 0.6) is 0 Å². The lowest BCUT2D eigenvalue weighted by Crippen LogP contribution is -2.36. The maximum atomic E-state index is 10.2. The number of rotatable bonds is 9. The smallest absolute Gasteiger partial charge is 0.0717 e. The molecule has 0 aliphatic rings.